The summed E-state index contributed by atoms with van der Waals surface area (Å²) in [4.78, 5) is 0. The monoisotopic (exact) mass is 375 g/mol. The zero-order chi connectivity index (χ0) is 14.8. The van der Waals surface area contributed by atoms with Crippen molar-refractivity contribution in [3.05, 3.63) is 45.7 Å². The van der Waals surface area contributed by atoms with Crippen LogP contribution in [0, 0.1) is 0 Å². The number of hydrogen-bond acceptors (Lipinski definition) is 4. The fraction of sp³-hybridized carbons (Fsp3) is 0.231. The van der Waals surface area contributed by atoms with Crippen molar-refractivity contribution in [2.24, 2.45) is 0 Å². The van der Waals surface area contributed by atoms with Gasteiger partial charge in [0.1, 0.15) is 9.96 Å². The predicted molar refractivity (Wildman–Crippen MR) is 83.7 cm³/mol. The third-order valence-electron chi connectivity index (χ3n) is 2.75. The summed E-state index contributed by atoms with van der Waals surface area (Å²) in [5.74, 6) is 0.715. The summed E-state index contributed by atoms with van der Waals surface area (Å²) in [6, 6.07) is 10.7. The molecule has 0 atom stereocenters. The van der Waals surface area contributed by atoms with Gasteiger partial charge in [-0.1, -0.05) is 12.1 Å². The van der Waals surface area contributed by atoms with Crippen molar-refractivity contribution in [1.82, 2.24) is 4.31 Å². The number of halogens is 1. The molecule has 1 heterocycles. The Bertz CT molecular complexity index is 697. The quantitative estimate of drug-likeness (QED) is 0.804. The van der Waals surface area contributed by atoms with Gasteiger partial charge >= 0.3 is 0 Å². The lowest BCUT2D eigenvalue weighted by atomic mass is 10.2. The summed E-state index contributed by atoms with van der Waals surface area (Å²) >= 11 is 4.48. The highest BCUT2D eigenvalue weighted by Gasteiger charge is 2.22. The van der Waals surface area contributed by atoms with E-state index in [0.29, 0.717) is 16.5 Å². The summed E-state index contributed by atoms with van der Waals surface area (Å²) in [6.45, 7) is 0.301. The SMILES string of the molecule is COc1cccc(CN(C)S(=O)(=O)c2ccc(Br)s2)c1. The van der Waals surface area contributed by atoms with Gasteiger partial charge in [-0.3, -0.25) is 0 Å². The minimum absolute atomic E-state index is 0.301. The van der Waals surface area contributed by atoms with Crippen LogP contribution in [-0.4, -0.2) is 26.9 Å². The van der Waals surface area contributed by atoms with Crippen LogP contribution in [0.1, 0.15) is 5.56 Å². The first-order chi connectivity index (χ1) is 9.43. The Labute approximate surface area is 131 Å². The van der Waals surface area contributed by atoms with E-state index in [2.05, 4.69) is 15.9 Å². The zero-order valence-corrected chi connectivity index (χ0v) is 14.3. The molecule has 7 heteroatoms. The molecule has 1 aromatic carbocycles. The summed E-state index contributed by atoms with van der Waals surface area (Å²) in [5.41, 5.74) is 0.881. The Morgan fingerprint density at radius 3 is 2.65 bits per heavy atom. The average Bonchev–Trinajstić information content (AvgIpc) is 2.86. The van der Waals surface area contributed by atoms with Crippen LogP contribution in [0.15, 0.2) is 44.4 Å². The third-order valence-corrected chi connectivity index (χ3v) is 6.65. The van der Waals surface area contributed by atoms with Crippen molar-refractivity contribution in [3.63, 3.8) is 0 Å². The molecule has 0 unspecified atom stereocenters. The average molecular weight is 376 g/mol. The molecular weight excluding hydrogens is 362 g/mol. The molecule has 0 fully saturated rings. The Hall–Kier alpha value is -0.890. The van der Waals surface area contributed by atoms with Crippen molar-refractivity contribution < 1.29 is 13.2 Å². The van der Waals surface area contributed by atoms with Crippen molar-refractivity contribution in [1.29, 1.82) is 0 Å². The maximum Gasteiger partial charge on any atom is 0.252 e. The van der Waals surface area contributed by atoms with Crippen LogP contribution < -0.4 is 4.74 Å². The van der Waals surface area contributed by atoms with Gasteiger partial charge in [-0.25, -0.2) is 8.42 Å². The molecule has 0 spiro atoms. The molecule has 0 aliphatic rings. The van der Waals surface area contributed by atoms with Crippen LogP contribution in [0.25, 0.3) is 0 Å². The lowest BCUT2D eigenvalue weighted by Crippen LogP contribution is -2.25. The second kappa shape index (κ2) is 6.26. The van der Waals surface area contributed by atoms with Gasteiger partial charge in [0.2, 0.25) is 0 Å². The number of ether oxygens (including phenoxy) is 1. The van der Waals surface area contributed by atoms with E-state index >= 15 is 0 Å². The number of methoxy groups -OCH3 is 1. The Morgan fingerprint density at radius 1 is 1.30 bits per heavy atom. The predicted octanol–water partition coefficient (Wildman–Crippen LogP) is 3.34. The molecule has 0 saturated carbocycles. The fourth-order valence-corrected chi connectivity index (χ4v) is 5.08. The van der Waals surface area contributed by atoms with Crippen LogP contribution in [0.3, 0.4) is 0 Å². The smallest absolute Gasteiger partial charge is 0.252 e. The van der Waals surface area contributed by atoms with E-state index in [0.717, 1.165) is 9.35 Å². The standard InChI is InChI=1S/C13H14BrNO3S2/c1-15(9-10-4-3-5-11(8-10)18-2)20(16,17)13-7-6-12(14)19-13/h3-8H,9H2,1-2H3. The number of thiophene rings is 1. The largest absolute Gasteiger partial charge is 0.497 e. The van der Waals surface area contributed by atoms with E-state index in [-0.39, 0.29) is 0 Å². The van der Waals surface area contributed by atoms with E-state index in [9.17, 15) is 8.42 Å². The van der Waals surface area contributed by atoms with Crippen LogP contribution in [0.2, 0.25) is 0 Å². The summed E-state index contributed by atoms with van der Waals surface area (Å²) in [5, 5.41) is 0. The topological polar surface area (TPSA) is 46.6 Å². The van der Waals surface area contributed by atoms with Crippen molar-refractivity contribution >= 4 is 37.3 Å². The van der Waals surface area contributed by atoms with Gasteiger partial charge in [-0.05, 0) is 45.8 Å². The molecule has 0 saturated heterocycles. The molecule has 0 amide bonds. The molecule has 108 valence electrons. The minimum Gasteiger partial charge on any atom is -0.497 e. The second-order valence-corrected chi connectivity index (χ2v) is 8.91. The Kier molecular flexibility index (Phi) is 4.85. The first-order valence-corrected chi connectivity index (χ1v) is 8.83. The van der Waals surface area contributed by atoms with Crippen LogP contribution in [0.4, 0.5) is 0 Å². The molecule has 1 aromatic heterocycles. The van der Waals surface area contributed by atoms with Gasteiger partial charge in [-0.2, -0.15) is 4.31 Å². The highest BCUT2D eigenvalue weighted by molar-refractivity contribution is 9.11. The molecule has 2 rings (SSSR count). The van der Waals surface area contributed by atoms with Gasteiger partial charge in [0.25, 0.3) is 10.0 Å². The highest BCUT2D eigenvalue weighted by Crippen LogP contribution is 2.28. The van der Waals surface area contributed by atoms with Crippen molar-refractivity contribution in [2.75, 3.05) is 14.2 Å². The van der Waals surface area contributed by atoms with Crippen LogP contribution in [-0.2, 0) is 16.6 Å². The van der Waals surface area contributed by atoms with Crippen LogP contribution >= 0.6 is 27.3 Å². The molecule has 0 aliphatic carbocycles. The molecule has 0 N–H and O–H groups in total. The molecule has 0 aliphatic heterocycles. The zero-order valence-electron chi connectivity index (χ0n) is 11.0. The number of nitrogens with zero attached hydrogens (tertiary/aromatic N) is 1. The maximum atomic E-state index is 12.4. The van der Waals surface area contributed by atoms with Crippen molar-refractivity contribution in [2.45, 2.75) is 10.8 Å². The Balaban J connectivity index is 2.20. The molecule has 20 heavy (non-hydrogen) atoms. The van der Waals surface area contributed by atoms with E-state index in [1.807, 2.05) is 24.3 Å². The van der Waals surface area contributed by atoms with Gasteiger partial charge < -0.3 is 4.74 Å². The van der Waals surface area contributed by atoms with Gasteiger partial charge in [0, 0.05) is 13.6 Å². The fourth-order valence-electron chi connectivity index (χ4n) is 1.70. The number of hydrogen-bond donors (Lipinski definition) is 0. The summed E-state index contributed by atoms with van der Waals surface area (Å²) in [6.07, 6.45) is 0. The van der Waals surface area contributed by atoms with Gasteiger partial charge in [-0.15, -0.1) is 11.3 Å². The lowest BCUT2D eigenvalue weighted by molar-refractivity contribution is 0.412. The molecule has 2 aromatic rings. The number of sulfonamides is 1. The highest BCUT2D eigenvalue weighted by atomic mass is 79.9. The lowest BCUT2D eigenvalue weighted by Gasteiger charge is -2.16. The first-order valence-electron chi connectivity index (χ1n) is 5.78. The van der Waals surface area contributed by atoms with E-state index in [4.69, 9.17) is 4.74 Å². The van der Waals surface area contributed by atoms with Gasteiger partial charge in [0.05, 0.1) is 10.9 Å². The summed E-state index contributed by atoms with van der Waals surface area (Å²) < 4.78 is 32.4. The molecule has 4 nitrogen and oxygen atoms in total. The molecule has 0 bridgehead atoms. The molecule has 0 radical (unpaired) electrons. The third kappa shape index (κ3) is 3.41. The Morgan fingerprint density at radius 2 is 2.05 bits per heavy atom. The minimum atomic E-state index is -3.45. The number of rotatable bonds is 5. The second-order valence-electron chi connectivity index (χ2n) is 4.17. The van der Waals surface area contributed by atoms with Crippen molar-refractivity contribution in [3.8, 4) is 5.75 Å². The van der Waals surface area contributed by atoms with Crippen LogP contribution in [0.5, 0.6) is 5.75 Å². The summed E-state index contributed by atoms with van der Waals surface area (Å²) in [7, 11) is -0.297. The van der Waals surface area contributed by atoms with E-state index in [1.165, 1.54) is 15.6 Å². The molecular formula is C13H14BrNO3S2. The maximum absolute atomic E-state index is 12.4. The first kappa shape index (κ1) is 15.5. The normalized spacial score (nSPS) is 11.8. The van der Waals surface area contributed by atoms with E-state index < -0.39 is 10.0 Å². The van der Waals surface area contributed by atoms with Gasteiger partial charge in [0.15, 0.2) is 0 Å². The number of benzene rings is 1. The van der Waals surface area contributed by atoms with E-state index in [1.54, 1.807) is 26.3 Å².